The van der Waals surface area contributed by atoms with Crippen LogP contribution < -0.4 is 4.90 Å². The highest BCUT2D eigenvalue weighted by molar-refractivity contribution is 5.44. The Morgan fingerprint density at radius 1 is 1.16 bits per heavy atom. The zero-order valence-corrected chi connectivity index (χ0v) is 11.5. The summed E-state index contributed by atoms with van der Waals surface area (Å²) in [5.74, 6) is 0. The summed E-state index contributed by atoms with van der Waals surface area (Å²) in [7, 11) is 2.04. The van der Waals surface area contributed by atoms with Gasteiger partial charge in [-0.15, -0.1) is 0 Å². The largest absolute Gasteiger partial charge is 0.387 e. The van der Waals surface area contributed by atoms with E-state index >= 15 is 0 Å². The van der Waals surface area contributed by atoms with Crippen LogP contribution in [0.15, 0.2) is 48.7 Å². The summed E-state index contributed by atoms with van der Waals surface area (Å²) in [6.45, 7) is 2.79. The van der Waals surface area contributed by atoms with Gasteiger partial charge in [0.2, 0.25) is 0 Å². The zero-order valence-electron chi connectivity index (χ0n) is 11.5. The van der Waals surface area contributed by atoms with Crippen molar-refractivity contribution < 1.29 is 5.11 Å². The topological polar surface area (TPSA) is 36.4 Å². The van der Waals surface area contributed by atoms with Crippen LogP contribution in [0, 0.1) is 0 Å². The molecule has 0 fully saturated rings. The van der Waals surface area contributed by atoms with Crippen LogP contribution >= 0.6 is 0 Å². The fraction of sp³-hybridized carbons (Fsp3) is 0.312. The van der Waals surface area contributed by atoms with Crippen LogP contribution in [0.4, 0.5) is 5.69 Å². The first-order valence-electron chi connectivity index (χ1n) is 6.59. The van der Waals surface area contributed by atoms with Crippen LogP contribution in [0.1, 0.15) is 30.7 Å². The Kier molecular flexibility index (Phi) is 4.53. The van der Waals surface area contributed by atoms with Crippen LogP contribution in [-0.2, 0) is 6.54 Å². The average molecular weight is 256 g/mol. The van der Waals surface area contributed by atoms with Gasteiger partial charge in [0.25, 0.3) is 0 Å². The number of rotatable bonds is 5. The second-order valence-corrected chi connectivity index (χ2v) is 4.71. The molecule has 2 aromatic rings. The highest BCUT2D eigenvalue weighted by atomic mass is 16.3. The Balaban J connectivity index is 2.05. The first kappa shape index (κ1) is 13.6. The summed E-state index contributed by atoms with van der Waals surface area (Å²) >= 11 is 0. The number of pyridine rings is 1. The average Bonchev–Trinajstić information content (AvgIpc) is 2.47. The fourth-order valence-corrected chi connectivity index (χ4v) is 1.98. The molecule has 1 N–H and O–H groups in total. The number of hydrogen-bond donors (Lipinski definition) is 1. The Morgan fingerprint density at radius 2 is 1.89 bits per heavy atom. The molecule has 0 saturated heterocycles. The van der Waals surface area contributed by atoms with E-state index in [2.05, 4.69) is 22.0 Å². The van der Waals surface area contributed by atoms with Crippen molar-refractivity contribution in [2.75, 3.05) is 11.9 Å². The molecule has 2 rings (SSSR count). The van der Waals surface area contributed by atoms with Gasteiger partial charge >= 0.3 is 0 Å². The minimum absolute atomic E-state index is 0.464. The van der Waals surface area contributed by atoms with E-state index in [1.807, 2.05) is 50.5 Å². The highest BCUT2D eigenvalue weighted by Gasteiger charge is 2.07. The molecule has 0 saturated carbocycles. The molecule has 1 unspecified atom stereocenters. The maximum Gasteiger partial charge on any atom is 0.0957 e. The van der Waals surface area contributed by atoms with Crippen molar-refractivity contribution >= 4 is 5.69 Å². The molecule has 0 bridgehead atoms. The van der Waals surface area contributed by atoms with Crippen molar-refractivity contribution in [3.8, 4) is 0 Å². The number of benzene rings is 1. The highest BCUT2D eigenvalue weighted by Crippen LogP contribution is 2.18. The van der Waals surface area contributed by atoms with Gasteiger partial charge in [-0.1, -0.05) is 37.3 Å². The van der Waals surface area contributed by atoms with Gasteiger partial charge < -0.3 is 10.0 Å². The number of aliphatic hydroxyl groups is 1. The van der Waals surface area contributed by atoms with Gasteiger partial charge in [0.1, 0.15) is 0 Å². The van der Waals surface area contributed by atoms with Gasteiger partial charge in [0.15, 0.2) is 0 Å². The molecule has 1 aromatic heterocycles. The summed E-state index contributed by atoms with van der Waals surface area (Å²) in [6, 6.07) is 14.2. The third-order valence-corrected chi connectivity index (χ3v) is 3.20. The summed E-state index contributed by atoms with van der Waals surface area (Å²) in [6.07, 6.45) is 2.04. The lowest BCUT2D eigenvalue weighted by Gasteiger charge is -2.19. The van der Waals surface area contributed by atoms with Crippen molar-refractivity contribution in [2.24, 2.45) is 0 Å². The van der Waals surface area contributed by atoms with Gasteiger partial charge in [0.05, 0.1) is 23.7 Å². The summed E-state index contributed by atoms with van der Waals surface area (Å²) in [5.41, 5.74) is 3.05. The molecule has 0 aliphatic carbocycles. The zero-order chi connectivity index (χ0) is 13.7. The van der Waals surface area contributed by atoms with E-state index in [9.17, 15) is 5.11 Å². The molecule has 3 heteroatoms. The molecule has 0 spiro atoms. The molecular formula is C16H20N2O. The minimum atomic E-state index is -0.464. The maximum atomic E-state index is 9.72. The normalized spacial score (nSPS) is 12.2. The Hall–Kier alpha value is -1.87. The SMILES string of the molecule is CCC(O)c1ccc(N(C)Cc2ccccc2)cn1. The molecule has 19 heavy (non-hydrogen) atoms. The first-order valence-corrected chi connectivity index (χ1v) is 6.59. The number of hydrogen-bond acceptors (Lipinski definition) is 3. The summed E-state index contributed by atoms with van der Waals surface area (Å²) < 4.78 is 0. The lowest BCUT2D eigenvalue weighted by molar-refractivity contribution is 0.169. The second kappa shape index (κ2) is 6.34. The minimum Gasteiger partial charge on any atom is -0.387 e. The van der Waals surface area contributed by atoms with E-state index in [0.717, 1.165) is 17.9 Å². The van der Waals surface area contributed by atoms with Crippen LogP contribution in [0.3, 0.4) is 0 Å². The standard InChI is InChI=1S/C16H20N2O/c1-3-16(19)15-10-9-14(11-17-15)18(2)12-13-7-5-4-6-8-13/h4-11,16,19H,3,12H2,1-2H3. The van der Waals surface area contributed by atoms with Crippen LogP contribution in [0.25, 0.3) is 0 Å². The molecule has 1 atom stereocenters. The quantitative estimate of drug-likeness (QED) is 0.892. The van der Waals surface area contributed by atoms with E-state index < -0.39 is 6.10 Å². The smallest absolute Gasteiger partial charge is 0.0957 e. The molecule has 1 heterocycles. The molecule has 100 valence electrons. The number of anilines is 1. The van der Waals surface area contributed by atoms with Crippen molar-refractivity contribution in [1.82, 2.24) is 4.98 Å². The molecule has 0 aliphatic rings. The van der Waals surface area contributed by atoms with Crippen molar-refractivity contribution in [1.29, 1.82) is 0 Å². The van der Waals surface area contributed by atoms with Gasteiger partial charge in [-0.2, -0.15) is 0 Å². The Morgan fingerprint density at radius 3 is 2.47 bits per heavy atom. The Bertz CT molecular complexity index is 496. The number of aromatic nitrogens is 1. The molecule has 3 nitrogen and oxygen atoms in total. The lowest BCUT2D eigenvalue weighted by Crippen LogP contribution is -2.16. The number of aliphatic hydroxyl groups excluding tert-OH is 1. The first-order chi connectivity index (χ1) is 9.20. The summed E-state index contributed by atoms with van der Waals surface area (Å²) in [4.78, 5) is 6.46. The van der Waals surface area contributed by atoms with E-state index in [-0.39, 0.29) is 0 Å². The predicted molar refractivity (Wildman–Crippen MR) is 78.0 cm³/mol. The van der Waals surface area contributed by atoms with Crippen molar-refractivity contribution in [3.63, 3.8) is 0 Å². The van der Waals surface area contributed by atoms with Gasteiger partial charge in [-0.25, -0.2) is 0 Å². The lowest BCUT2D eigenvalue weighted by atomic mass is 10.1. The number of nitrogens with zero attached hydrogens (tertiary/aromatic N) is 2. The fourth-order valence-electron chi connectivity index (χ4n) is 1.98. The van der Waals surface area contributed by atoms with Gasteiger partial charge in [-0.3, -0.25) is 4.98 Å². The van der Waals surface area contributed by atoms with Crippen LogP contribution in [-0.4, -0.2) is 17.1 Å². The predicted octanol–water partition coefficient (Wildman–Crippen LogP) is 3.16. The Labute approximate surface area is 114 Å². The van der Waals surface area contributed by atoms with Crippen LogP contribution in [0.5, 0.6) is 0 Å². The van der Waals surface area contributed by atoms with Crippen molar-refractivity contribution in [2.45, 2.75) is 26.0 Å². The summed E-state index contributed by atoms with van der Waals surface area (Å²) in [5, 5.41) is 9.72. The monoisotopic (exact) mass is 256 g/mol. The maximum absolute atomic E-state index is 9.72. The van der Waals surface area contributed by atoms with Gasteiger partial charge in [0, 0.05) is 13.6 Å². The molecular weight excluding hydrogens is 236 g/mol. The van der Waals surface area contributed by atoms with Gasteiger partial charge in [-0.05, 0) is 24.1 Å². The van der Waals surface area contributed by atoms with E-state index in [0.29, 0.717) is 6.42 Å². The molecule has 0 amide bonds. The van der Waals surface area contributed by atoms with Crippen LogP contribution in [0.2, 0.25) is 0 Å². The van der Waals surface area contributed by atoms with E-state index in [4.69, 9.17) is 0 Å². The molecule has 0 aliphatic heterocycles. The second-order valence-electron chi connectivity index (χ2n) is 4.71. The molecule has 0 radical (unpaired) electrons. The van der Waals surface area contributed by atoms with E-state index in [1.165, 1.54) is 5.56 Å². The third-order valence-electron chi connectivity index (χ3n) is 3.20. The van der Waals surface area contributed by atoms with Crippen molar-refractivity contribution in [3.05, 3.63) is 59.9 Å². The third kappa shape index (κ3) is 3.55. The molecule has 1 aromatic carbocycles. The van der Waals surface area contributed by atoms with E-state index in [1.54, 1.807) is 0 Å².